The zero-order valence-corrected chi connectivity index (χ0v) is 20.7. The van der Waals surface area contributed by atoms with E-state index in [0.29, 0.717) is 33.9 Å². The molecule has 1 aromatic heterocycles. The highest BCUT2D eigenvalue weighted by atomic mass is 79.9. The van der Waals surface area contributed by atoms with Crippen molar-refractivity contribution >= 4 is 54.2 Å². The SMILES string of the molecule is CCOC(=O)c1c(NC(=O)c2ccccc2)sc2c(OCCN3CCOCC3)c(Br)ccc12. The van der Waals surface area contributed by atoms with Gasteiger partial charge in [0, 0.05) is 30.6 Å². The maximum Gasteiger partial charge on any atom is 0.341 e. The average Bonchev–Trinajstić information content (AvgIpc) is 3.20. The van der Waals surface area contributed by atoms with E-state index < -0.39 is 5.97 Å². The summed E-state index contributed by atoms with van der Waals surface area (Å²) >= 11 is 4.88. The van der Waals surface area contributed by atoms with Crippen molar-refractivity contribution in [3.05, 3.63) is 58.1 Å². The lowest BCUT2D eigenvalue weighted by Gasteiger charge is -2.26. The second-order valence-electron chi connectivity index (χ2n) is 7.40. The number of rotatable bonds is 8. The largest absolute Gasteiger partial charge is 0.490 e. The van der Waals surface area contributed by atoms with Crippen LogP contribution in [0.2, 0.25) is 0 Å². The topological polar surface area (TPSA) is 77.1 Å². The Hall–Kier alpha value is -2.46. The number of nitrogens with one attached hydrogen (secondary N) is 1. The fourth-order valence-corrected chi connectivity index (χ4v) is 5.37. The van der Waals surface area contributed by atoms with E-state index in [9.17, 15) is 9.59 Å². The van der Waals surface area contributed by atoms with Crippen molar-refractivity contribution in [2.24, 2.45) is 0 Å². The first-order chi connectivity index (χ1) is 16.1. The molecule has 0 aliphatic carbocycles. The molecule has 7 nitrogen and oxygen atoms in total. The van der Waals surface area contributed by atoms with Gasteiger partial charge in [-0.15, -0.1) is 11.3 Å². The van der Waals surface area contributed by atoms with Gasteiger partial charge in [0.05, 0.1) is 29.0 Å². The van der Waals surface area contributed by atoms with Crippen LogP contribution < -0.4 is 10.1 Å². The zero-order chi connectivity index (χ0) is 23.2. The van der Waals surface area contributed by atoms with Gasteiger partial charge in [-0.25, -0.2) is 4.79 Å². The van der Waals surface area contributed by atoms with Gasteiger partial charge in [0.1, 0.15) is 17.2 Å². The number of fused-ring (bicyclic) bond motifs is 1. The number of anilines is 1. The van der Waals surface area contributed by atoms with Crippen LogP contribution in [-0.4, -0.2) is 62.8 Å². The fraction of sp³-hybridized carbons (Fsp3) is 0.333. The summed E-state index contributed by atoms with van der Waals surface area (Å²) in [6.07, 6.45) is 0. The molecular weight excluding hydrogens is 508 g/mol. The number of morpholine rings is 1. The molecular formula is C24H25BrN2O5S. The van der Waals surface area contributed by atoms with Crippen molar-refractivity contribution in [1.29, 1.82) is 0 Å². The first kappa shape index (κ1) is 23.7. The minimum absolute atomic E-state index is 0.238. The lowest BCUT2D eigenvalue weighted by molar-refractivity contribution is 0.0323. The molecule has 1 fully saturated rings. The Bertz CT molecular complexity index is 1130. The maximum atomic E-state index is 12.8. The monoisotopic (exact) mass is 532 g/mol. The van der Waals surface area contributed by atoms with Crippen molar-refractivity contribution in [1.82, 2.24) is 4.90 Å². The maximum absolute atomic E-state index is 12.8. The highest BCUT2D eigenvalue weighted by Gasteiger charge is 2.25. The third kappa shape index (κ3) is 5.55. The van der Waals surface area contributed by atoms with Crippen molar-refractivity contribution in [2.75, 3.05) is 51.4 Å². The molecule has 2 aromatic carbocycles. The number of ether oxygens (including phenoxy) is 3. The van der Waals surface area contributed by atoms with E-state index in [1.54, 1.807) is 31.2 Å². The van der Waals surface area contributed by atoms with Gasteiger partial charge in [-0.3, -0.25) is 9.69 Å². The molecule has 0 saturated carbocycles. The van der Waals surface area contributed by atoms with E-state index in [1.165, 1.54) is 11.3 Å². The Morgan fingerprint density at radius 2 is 1.91 bits per heavy atom. The minimum Gasteiger partial charge on any atom is -0.490 e. The number of benzene rings is 2. The molecule has 0 atom stereocenters. The summed E-state index contributed by atoms with van der Waals surface area (Å²) in [6, 6.07) is 12.6. The van der Waals surface area contributed by atoms with Crippen LogP contribution in [0.3, 0.4) is 0 Å². The van der Waals surface area contributed by atoms with Gasteiger partial charge in [-0.2, -0.15) is 0 Å². The molecule has 0 spiro atoms. The summed E-state index contributed by atoms with van der Waals surface area (Å²) in [4.78, 5) is 27.9. The van der Waals surface area contributed by atoms with Gasteiger partial charge >= 0.3 is 5.97 Å². The normalized spacial score (nSPS) is 14.2. The highest BCUT2D eigenvalue weighted by molar-refractivity contribution is 9.10. The van der Waals surface area contributed by atoms with Crippen molar-refractivity contribution in [3.63, 3.8) is 0 Å². The number of carbonyl (C=O) groups is 2. The molecule has 1 saturated heterocycles. The summed E-state index contributed by atoms with van der Waals surface area (Å²) in [5.41, 5.74) is 0.847. The highest BCUT2D eigenvalue weighted by Crippen LogP contribution is 2.44. The Morgan fingerprint density at radius 1 is 1.15 bits per heavy atom. The fourth-order valence-electron chi connectivity index (χ4n) is 3.61. The molecule has 3 aromatic rings. The van der Waals surface area contributed by atoms with Crippen LogP contribution in [0.1, 0.15) is 27.6 Å². The molecule has 174 valence electrons. The first-order valence-corrected chi connectivity index (χ1v) is 12.4. The van der Waals surface area contributed by atoms with Gasteiger partial charge in [0.2, 0.25) is 0 Å². The molecule has 1 aliphatic heterocycles. The van der Waals surface area contributed by atoms with Gasteiger partial charge in [0.25, 0.3) is 5.91 Å². The van der Waals surface area contributed by atoms with Crippen LogP contribution in [0, 0.1) is 0 Å². The minimum atomic E-state index is -0.478. The third-order valence-corrected chi connectivity index (χ3v) is 7.01. The number of amides is 1. The number of carbonyl (C=O) groups excluding carboxylic acids is 2. The smallest absolute Gasteiger partial charge is 0.341 e. The second-order valence-corrected chi connectivity index (χ2v) is 9.28. The van der Waals surface area contributed by atoms with Gasteiger partial charge in [0.15, 0.2) is 5.75 Å². The summed E-state index contributed by atoms with van der Waals surface area (Å²) in [5, 5.41) is 4.02. The predicted octanol–water partition coefficient (Wildman–Crippen LogP) is 4.80. The molecule has 9 heteroatoms. The summed E-state index contributed by atoms with van der Waals surface area (Å²) < 4.78 is 18.4. The molecule has 1 N–H and O–H groups in total. The molecule has 2 heterocycles. The zero-order valence-electron chi connectivity index (χ0n) is 18.3. The summed E-state index contributed by atoms with van der Waals surface area (Å²) in [7, 11) is 0. The van der Waals surface area contributed by atoms with Crippen LogP contribution in [0.25, 0.3) is 10.1 Å². The predicted molar refractivity (Wildman–Crippen MR) is 133 cm³/mol. The summed E-state index contributed by atoms with van der Waals surface area (Å²) in [5.74, 6) is -0.119. The molecule has 33 heavy (non-hydrogen) atoms. The lowest BCUT2D eigenvalue weighted by Crippen LogP contribution is -2.38. The Labute approximate surface area is 204 Å². The van der Waals surface area contributed by atoms with E-state index >= 15 is 0 Å². The second kappa shape index (κ2) is 11.1. The molecule has 0 unspecified atom stereocenters. The first-order valence-electron chi connectivity index (χ1n) is 10.8. The third-order valence-electron chi connectivity index (χ3n) is 5.26. The van der Waals surface area contributed by atoms with E-state index in [0.717, 1.165) is 42.0 Å². The van der Waals surface area contributed by atoms with E-state index in [-0.39, 0.29) is 12.5 Å². The van der Waals surface area contributed by atoms with Crippen LogP contribution in [-0.2, 0) is 9.47 Å². The van der Waals surface area contributed by atoms with Crippen LogP contribution >= 0.6 is 27.3 Å². The number of hydrogen-bond donors (Lipinski definition) is 1. The van der Waals surface area contributed by atoms with Crippen LogP contribution in [0.4, 0.5) is 5.00 Å². The Morgan fingerprint density at radius 3 is 2.64 bits per heavy atom. The quantitative estimate of drug-likeness (QED) is 0.419. The van der Waals surface area contributed by atoms with E-state index in [4.69, 9.17) is 14.2 Å². The number of nitrogens with zero attached hydrogens (tertiary/aromatic N) is 1. The number of halogens is 1. The average molecular weight is 533 g/mol. The van der Waals surface area contributed by atoms with Crippen molar-refractivity contribution in [2.45, 2.75) is 6.92 Å². The van der Waals surface area contributed by atoms with Crippen LogP contribution in [0.15, 0.2) is 46.9 Å². The molecule has 4 rings (SSSR count). The molecule has 1 aliphatic rings. The molecule has 0 bridgehead atoms. The number of hydrogen-bond acceptors (Lipinski definition) is 7. The number of esters is 1. The van der Waals surface area contributed by atoms with Crippen LogP contribution in [0.5, 0.6) is 5.75 Å². The van der Waals surface area contributed by atoms with E-state index in [2.05, 4.69) is 26.1 Å². The summed E-state index contributed by atoms with van der Waals surface area (Å²) in [6.45, 7) is 6.50. The van der Waals surface area contributed by atoms with Gasteiger partial charge < -0.3 is 19.5 Å². The van der Waals surface area contributed by atoms with E-state index in [1.807, 2.05) is 18.2 Å². The standard InChI is InChI=1S/C24H25BrN2O5S/c1-2-31-24(29)19-17-8-9-18(25)20(32-15-12-27-10-13-30-14-11-27)21(17)33-23(19)26-22(28)16-6-4-3-5-7-16/h3-9H,2,10-15H2,1H3,(H,26,28). The molecule has 0 radical (unpaired) electrons. The molecule has 1 amide bonds. The van der Waals surface area contributed by atoms with Gasteiger partial charge in [-0.05, 0) is 41.1 Å². The lowest BCUT2D eigenvalue weighted by atomic mass is 10.1. The number of thiophene rings is 1. The van der Waals surface area contributed by atoms with Crippen molar-refractivity contribution < 1.29 is 23.8 Å². The Kier molecular flexibility index (Phi) is 7.97. The Balaban J connectivity index is 1.64. The van der Waals surface area contributed by atoms with Gasteiger partial charge in [-0.1, -0.05) is 24.3 Å². The van der Waals surface area contributed by atoms with Crippen molar-refractivity contribution in [3.8, 4) is 5.75 Å².